The van der Waals surface area contributed by atoms with Gasteiger partial charge in [0, 0.05) is 23.3 Å². The predicted molar refractivity (Wildman–Crippen MR) is 96.9 cm³/mol. The summed E-state index contributed by atoms with van der Waals surface area (Å²) in [4.78, 5) is 11.8. The third-order valence-corrected chi connectivity index (χ3v) is 6.13. The quantitative estimate of drug-likeness (QED) is 0.696. The molecule has 1 aliphatic carbocycles. The molecule has 0 radical (unpaired) electrons. The van der Waals surface area contributed by atoms with E-state index in [1.807, 2.05) is 36.0 Å². The summed E-state index contributed by atoms with van der Waals surface area (Å²) in [5.41, 5.74) is 1.22. The lowest BCUT2D eigenvalue weighted by Crippen LogP contribution is -2.27. The van der Waals surface area contributed by atoms with Crippen LogP contribution in [-0.4, -0.2) is 36.3 Å². The van der Waals surface area contributed by atoms with Crippen LogP contribution in [0.5, 0.6) is 5.75 Å². The Bertz CT molecular complexity index is 444. The molecular formula is C17H25NO2S2. The van der Waals surface area contributed by atoms with Gasteiger partial charge in [-0.25, -0.2) is 0 Å². The van der Waals surface area contributed by atoms with Gasteiger partial charge in [-0.15, -0.1) is 11.8 Å². The standard InChI is InChI=1S/C17H25NO2S2/c1-20-15-8-6-14(7-9-15)12-21-13-17(19)18-10-11-22-16-4-2-3-5-16/h6-9,16H,2-5,10-13H2,1H3,(H,18,19). The number of carbonyl (C=O) groups excluding carboxylic acids is 1. The van der Waals surface area contributed by atoms with Gasteiger partial charge in [-0.1, -0.05) is 25.0 Å². The fourth-order valence-corrected chi connectivity index (χ4v) is 4.54. The minimum atomic E-state index is 0.144. The Morgan fingerprint density at radius 2 is 2.00 bits per heavy atom. The molecule has 22 heavy (non-hydrogen) atoms. The summed E-state index contributed by atoms with van der Waals surface area (Å²) in [5.74, 6) is 3.44. The molecule has 1 fully saturated rings. The van der Waals surface area contributed by atoms with Crippen LogP contribution < -0.4 is 10.1 Å². The maximum atomic E-state index is 11.8. The van der Waals surface area contributed by atoms with Crippen LogP contribution >= 0.6 is 23.5 Å². The largest absolute Gasteiger partial charge is 0.497 e. The lowest BCUT2D eigenvalue weighted by atomic mass is 10.2. The Labute approximate surface area is 142 Å². The third kappa shape index (κ3) is 6.53. The molecule has 0 unspecified atom stereocenters. The molecule has 0 heterocycles. The van der Waals surface area contributed by atoms with Crippen molar-refractivity contribution >= 4 is 29.4 Å². The molecule has 1 aliphatic rings. The third-order valence-electron chi connectivity index (χ3n) is 3.74. The lowest BCUT2D eigenvalue weighted by molar-refractivity contribution is -0.118. The van der Waals surface area contributed by atoms with Crippen LogP contribution in [0.1, 0.15) is 31.2 Å². The highest BCUT2D eigenvalue weighted by molar-refractivity contribution is 8.00. The first-order chi connectivity index (χ1) is 10.8. The van der Waals surface area contributed by atoms with E-state index in [1.165, 1.54) is 31.2 Å². The van der Waals surface area contributed by atoms with E-state index in [1.54, 1.807) is 18.9 Å². The summed E-state index contributed by atoms with van der Waals surface area (Å²) in [5, 5.41) is 3.85. The van der Waals surface area contributed by atoms with Gasteiger partial charge in [0.1, 0.15) is 5.75 Å². The van der Waals surface area contributed by atoms with Gasteiger partial charge in [-0.3, -0.25) is 4.79 Å². The fourth-order valence-electron chi connectivity index (χ4n) is 2.51. The number of hydrogen-bond donors (Lipinski definition) is 1. The van der Waals surface area contributed by atoms with Gasteiger partial charge in [0.2, 0.25) is 5.91 Å². The molecule has 1 aromatic rings. The van der Waals surface area contributed by atoms with E-state index in [-0.39, 0.29) is 5.91 Å². The molecule has 1 aromatic carbocycles. The van der Waals surface area contributed by atoms with Crippen molar-refractivity contribution in [1.29, 1.82) is 0 Å². The number of thioether (sulfide) groups is 2. The van der Waals surface area contributed by atoms with E-state index >= 15 is 0 Å². The van der Waals surface area contributed by atoms with Gasteiger partial charge in [-0.05, 0) is 30.5 Å². The van der Waals surface area contributed by atoms with Crippen molar-refractivity contribution in [1.82, 2.24) is 5.32 Å². The van der Waals surface area contributed by atoms with Crippen LogP contribution in [0.4, 0.5) is 0 Å². The van der Waals surface area contributed by atoms with E-state index in [9.17, 15) is 4.79 Å². The summed E-state index contributed by atoms with van der Waals surface area (Å²) < 4.78 is 5.13. The average molecular weight is 340 g/mol. The van der Waals surface area contributed by atoms with Crippen molar-refractivity contribution in [2.24, 2.45) is 0 Å². The van der Waals surface area contributed by atoms with Gasteiger partial charge in [-0.2, -0.15) is 11.8 Å². The topological polar surface area (TPSA) is 38.3 Å². The van der Waals surface area contributed by atoms with Crippen LogP contribution in [0.2, 0.25) is 0 Å². The van der Waals surface area contributed by atoms with E-state index in [4.69, 9.17) is 4.74 Å². The maximum absolute atomic E-state index is 11.8. The Kier molecular flexibility index (Phi) is 8.02. The summed E-state index contributed by atoms with van der Waals surface area (Å²) >= 11 is 3.67. The number of ether oxygens (including phenoxy) is 1. The molecular weight excluding hydrogens is 314 g/mol. The molecule has 5 heteroatoms. The maximum Gasteiger partial charge on any atom is 0.230 e. The molecule has 0 spiro atoms. The van der Waals surface area contributed by atoms with E-state index in [0.717, 1.165) is 29.0 Å². The first-order valence-corrected chi connectivity index (χ1v) is 10.1. The van der Waals surface area contributed by atoms with Gasteiger partial charge >= 0.3 is 0 Å². The van der Waals surface area contributed by atoms with Gasteiger partial charge < -0.3 is 10.1 Å². The smallest absolute Gasteiger partial charge is 0.230 e. The molecule has 1 amide bonds. The number of benzene rings is 1. The molecule has 0 atom stereocenters. The van der Waals surface area contributed by atoms with Crippen LogP contribution in [0.25, 0.3) is 0 Å². The fraction of sp³-hybridized carbons (Fsp3) is 0.588. The Hall–Kier alpha value is -0.810. The van der Waals surface area contributed by atoms with Gasteiger partial charge in [0.05, 0.1) is 12.9 Å². The minimum Gasteiger partial charge on any atom is -0.497 e. The summed E-state index contributed by atoms with van der Waals surface area (Å²) in [6.07, 6.45) is 5.48. The van der Waals surface area contributed by atoms with Crippen molar-refractivity contribution < 1.29 is 9.53 Å². The number of carbonyl (C=O) groups is 1. The van der Waals surface area contributed by atoms with Crippen LogP contribution in [-0.2, 0) is 10.5 Å². The summed E-state index contributed by atoms with van der Waals surface area (Å²) in [6.45, 7) is 0.795. The number of methoxy groups -OCH3 is 1. The molecule has 0 aliphatic heterocycles. The number of rotatable bonds is 9. The highest BCUT2D eigenvalue weighted by Crippen LogP contribution is 2.28. The van der Waals surface area contributed by atoms with E-state index in [0.29, 0.717) is 5.75 Å². The Morgan fingerprint density at radius 1 is 1.27 bits per heavy atom. The number of amides is 1. The van der Waals surface area contributed by atoms with Gasteiger partial charge in [0.15, 0.2) is 0 Å². The van der Waals surface area contributed by atoms with Crippen LogP contribution in [0.3, 0.4) is 0 Å². The predicted octanol–water partition coefficient (Wildman–Crippen LogP) is 3.72. The SMILES string of the molecule is COc1ccc(CSCC(=O)NCCSC2CCCC2)cc1. The molecule has 1 saturated carbocycles. The summed E-state index contributed by atoms with van der Waals surface area (Å²) in [6, 6.07) is 8.00. The minimum absolute atomic E-state index is 0.144. The second kappa shape index (κ2) is 10.1. The molecule has 0 saturated heterocycles. The van der Waals surface area contributed by atoms with Crippen LogP contribution in [0, 0.1) is 0 Å². The van der Waals surface area contributed by atoms with E-state index in [2.05, 4.69) is 5.32 Å². The molecule has 1 N–H and O–H groups in total. The summed E-state index contributed by atoms with van der Waals surface area (Å²) in [7, 11) is 1.67. The Balaban J connectivity index is 1.51. The van der Waals surface area contributed by atoms with Crippen molar-refractivity contribution in [3.63, 3.8) is 0 Å². The molecule has 0 bridgehead atoms. The second-order valence-electron chi connectivity index (χ2n) is 5.47. The van der Waals surface area contributed by atoms with Crippen molar-refractivity contribution in [2.45, 2.75) is 36.7 Å². The second-order valence-corrected chi connectivity index (χ2v) is 7.86. The van der Waals surface area contributed by atoms with Crippen molar-refractivity contribution in [3.05, 3.63) is 29.8 Å². The number of hydrogen-bond acceptors (Lipinski definition) is 4. The highest BCUT2D eigenvalue weighted by Gasteiger charge is 2.14. The zero-order chi connectivity index (χ0) is 15.6. The highest BCUT2D eigenvalue weighted by atomic mass is 32.2. The molecule has 122 valence electrons. The monoisotopic (exact) mass is 339 g/mol. The van der Waals surface area contributed by atoms with Crippen LogP contribution in [0.15, 0.2) is 24.3 Å². The molecule has 2 rings (SSSR count). The zero-order valence-electron chi connectivity index (χ0n) is 13.2. The van der Waals surface area contributed by atoms with E-state index < -0.39 is 0 Å². The lowest BCUT2D eigenvalue weighted by Gasteiger charge is -2.09. The zero-order valence-corrected chi connectivity index (χ0v) is 14.8. The Morgan fingerprint density at radius 3 is 2.68 bits per heavy atom. The van der Waals surface area contributed by atoms with Crippen molar-refractivity contribution in [2.75, 3.05) is 25.2 Å². The first-order valence-electron chi connectivity index (χ1n) is 7.87. The molecule has 3 nitrogen and oxygen atoms in total. The normalized spacial score (nSPS) is 15.0. The average Bonchev–Trinajstić information content (AvgIpc) is 3.06. The van der Waals surface area contributed by atoms with Crippen molar-refractivity contribution in [3.8, 4) is 5.75 Å². The molecule has 0 aromatic heterocycles. The number of nitrogens with one attached hydrogen (secondary N) is 1. The van der Waals surface area contributed by atoms with Gasteiger partial charge in [0.25, 0.3) is 0 Å². The first kappa shape index (κ1) is 17.5.